The van der Waals surface area contributed by atoms with Gasteiger partial charge in [-0.05, 0) is 55.2 Å². The van der Waals surface area contributed by atoms with Crippen LogP contribution in [0, 0.1) is 13.8 Å². The molecule has 2 aromatic carbocycles. The number of carbonyl (C=O) groups is 1. The lowest BCUT2D eigenvalue weighted by atomic mass is 10.0. The zero-order valence-corrected chi connectivity index (χ0v) is 14.1. The smallest absolute Gasteiger partial charge is 0.326 e. The van der Waals surface area contributed by atoms with E-state index in [-0.39, 0.29) is 18.0 Å². The van der Waals surface area contributed by atoms with Crippen LogP contribution in [0.3, 0.4) is 0 Å². The van der Waals surface area contributed by atoms with Crippen LogP contribution in [0.1, 0.15) is 28.7 Å². The van der Waals surface area contributed by atoms with Crippen LogP contribution in [0.25, 0.3) is 0 Å². The molecule has 6 heteroatoms. The fraction of sp³-hybridized carbons (Fsp3) is 0.278. The van der Waals surface area contributed by atoms with Crippen molar-refractivity contribution >= 4 is 23.2 Å². The van der Waals surface area contributed by atoms with Crippen LogP contribution in [0.15, 0.2) is 36.4 Å². The molecule has 128 valence electrons. The lowest BCUT2D eigenvalue weighted by molar-refractivity contribution is -0.137. The van der Waals surface area contributed by atoms with E-state index >= 15 is 0 Å². The first-order valence-electron chi connectivity index (χ1n) is 7.39. The van der Waals surface area contributed by atoms with Crippen LogP contribution >= 0.6 is 11.6 Å². The van der Waals surface area contributed by atoms with E-state index in [2.05, 4.69) is 5.32 Å². The molecule has 0 aliphatic carbocycles. The van der Waals surface area contributed by atoms with Gasteiger partial charge in [-0.3, -0.25) is 4.79 Å². The zero-order chi connectivity index (χ0) is 17.9. The number of carbonyl (C=O) groups excluding carboxylic acids is 1. The monoisotopic (exact) mass is 355 g/mol. The standard InChI is InChI=1S/C18H17ClF3NO/c1-11-3-4-13(9-12(11)2)5-8-17(24)23-14-6-7-16(19)15(10-14)18(20,21)22/h3-4,6-7,9-10H,5,8H2,1-2H3,(H,23,24). The van der Waals surface area contributed by atoms with E-state index in [1.54, 1.807) is 0 Å². The van der Waals surface area contributed by atoms with E-state index in [1.807, 2.05) is 32.0 Å². The summed E-state index contributed by atoms with van der Waals surface area (Å²) in [5.41, 5.74) is 2.44. The van der Waals surface area contributed by atoms with Crippen molar-refractivity contribution < 1.29 is 18.0 Å². The molecular formula is C18H17ClF3NO. The van der Waals surface area contributed by atoms with Gasteiger partial charge in [-0.25, -0.2) is 0 Å². The number of amides is 1. The topological polar surface area (TPSA) is 29.1 Å². The van der Waals surface area contributed by atoms with Crippen LogP contribution in [0.2, 0.25) is 5.02 Å². The lowest BCUT2D eigenvalue weighted by Crippen LogP contribution is -2.14. The summed E-state index contributed by atoms with van der Waals surface area (Å²) in [6.07, 6.45) is -3.85. The molecule has 0 bridgehead atoms. The van der Waals surface area contributed by atoms with Gasteiger partial charge in [0.2, 0.25) is 5.91 Å². The predicted octanol–water partition coefficient (Wildman–Crippen LogP) is 5.55. The maximum Gasteiger partial charge on any atom is 0.417 e. The molecule has 0 saturated carbocycles. The second-order valence-electron chi connectivity index (χ2n) is 5.66. The van der Waals surface area contributed by atoms with Crippen molar-refractivity contribution in [3.8, 4) is 0 Å². The largest absolute Gasteiger partial charge is 0.417 e. The molecule has 0 aliphatic heterocycles. The molecule has 0 atom stereocenters. The van der Waals surface area contributed by atoms with Crippen LogP contribution in [0.4, 0.5) is 18.9 Å². The van der Waals surface area contributed by atoms with Gasteiger partial charge in [0.05, 0.1) is 10.6 Å². The summed E-state index contributed by atoms with van der Waals surface area (Å²) in [6.45, 7) is 4.00. The van der Waals surface area contributed by atoms with Crippen molar-refractivity contribution in [2.45, 2.75) is 32.9 Å². The molecule has 0 fully saturated rings. The highest BCUT2D eigenvalue weighted by molar-refractivity contribution is 6.31. The van der Waals surface area contributed by atoms with Crippen LogP contribution in [0.5, 0.6) is 0 Å². The number of rotatable bonds is 4. The number of halogens is 4. The molecule has 1 N–H and O–H groups in total. The molecule has 24 heavy (non-hydrogen) atoms. The van der Waals surface area contributed by atoms with Crippen LogP contribution in [-0.4, -0.2) is 5.91 Å². The minimum atomic E-state index is -4.56. The third kappa shape index (κ3) is 4.74. The SMILES string of the molecule is Cc1ccc(CCC(=O)Nc2ccc(Cl)c(C(F)(F)F)c2)cc1C. The van der Waals surface area contributed by atoms with E-state index in [0.29, 0.717) is 6.42 Å². The number of alkyl halides is 3. The normalized spacial score (nSPS) is 11.4. The fourth-order valence-corrected chi connectivity index (χ4v) is 2.49. The Morgan fingerprint density at radius 1 is 1.08 bits per heavy atom. The average Bonchev–Trinajstić information content (AvgIpc) is 2.49. The maximum atomic E-state index is 12.8. The number of hydrogen-bond donors (Lipinski definition) is 1. The van der Waals surface area contributed by atoms with Crippen molar-refractivity contribution in [2.75, 3.05) is 5.32 Å². The summed E-state index contributed by atoms with van der Waals surface area (Å²) in [6, 6.07) is 9.26. The summed E-state index contributed by atoms with van der Waals surface area (Å²) < 4.78 is 38.4. The van der Waals surface area contributed by atoms with Gasteiger partial charge in [0, 0.05) is 12.1 Å². The number of hydrogen-bond acceptors (Lipinski definition) is 1. The number of aryl methyl sites for hydroxylation is 3. The number of benzene rings is 2. The van der Waals surface area contributed by atoms with E-state index < -0.39 is 16.8 Å². The quantitative estimate of drug-likeness (QED) is 0.765. The molecule has 0 radical (unpaired) electrons. The highest BCUT2D eigenvalue weighted by Gasteiger charge is 2.33. The third-order valence-corrected chi connectivity index (χ3v) is 4.10. The van der Waals surface area contributed by atoms with Gasteiger partial charge in [-0.1, -0.05) is 29.8 Å². The van der Waals surface area contributed by atoms with Gasteiger partial charge in [-0.2, -0.15) is 13.2 Å². The minimum Gasteiger partial charge on any atom is -0.326 e. The Balaban J connectivity index is 2.01. The summed E-state index contributed by atoms with van der Waals surface area (Å²) in [5, 5.41) is 2.09. The summed E-state index contributed by atoms with van der Waals surface area (Å²) in [5.74, 6) is -0.344. The molecule has 0 spiro atoms. The first-order chi connectivity index (χ1) is 11.2. The van der Waals surface area contributed by atoms with E-state index in [0.717, 1.165) is 23.3 Å². The van der Waals surface area contributed by atoms with Crippen LogP contribution < -0.4 is 5.32 Å². The van der Waals surface area contributed by atoms with Gasteiger partial charge in [0.1, 0.15) is 0 Å². The Labute approximate surface area is 143 Å². The summed E-state index contributed by atoms with van der Waals surface area (Å²) in [7, 11) is 0. The van der Waals surface area contributed by atoms with Gasteiger partial charge in [0.25, 0.3) is 0 Å². The van der Waals surface area contributed by atoms with Gasteiger partial charge >= 0.3 is 6.18 Å². The Bertz CT molecular complexity index is 756. The van der Waals surface area contributed by atoms with Crippen molar-refractivity contribution in [3.63, 3.8) is 0 Å². The molecular weight excluding hydrogens is 339 g/mol. The zero-order valence-electron chi connectivity index (χ0n) is 13.3. The predicted molar refractivity (Wildman–Crippen MR) is 89.3 cm³/mol. The molecule has 0 aromatic heterocycles. The van der Waals surface area contributed by atoms with Crippen molar-refractivity contribution in [3.05, 3.63) is 63.7 Å². The fourth-order valence-electron chi connectivity index (χ4n) is 2.26. The van der Waals surface area contributed by atoms with Gasteiger partial charge in [-0.15, -0.1) is 0 Å². The number of anilines is 1. The first kappa shape index (κ1) is 18.3. The Kier molecular flexibility index (Phi) is 5.54. The molecule has 0 unspecified atom stereocenters. The van der Waals surface area contributed by atoms with Crippen molar-refractivity contribution in [2.24, 2.45) is 0 Å². The second kappa shape index (κ2) is 7.26. The molecule has 2 rings (SSSR count). The molecule has 0 heterocycles. The Morgan fingerprint density at radius 3 is 2.42 bits per heavy atom. The molecule has 0 aliphatic rings. The van der Waals surface area contributed by atoms with Gasteiger partial charge < -0.3 is 5.32 Å². The maximum absolute atomic E-state index is 12.8. The second-order valence-corrected chi connectivity index (χ2v) is 6.07. The van der Waals surface area contributed by atoms with E-state index in [1.165, 1.54) is 11.6 Å². The Morgan fingerprint density at radius 2 is 1.79 bits per heavy atom. The van der Waals surface area contributed by atoms with E-state index in [4.69, 9.17) is 11.6 Å². The summed E-state index contributed by atoms with van der Waals surface area (Å²) in [4.78, 5) is 12.0. The molecule has 1 amide bonds. The minimum absolute atomic E-state index is 0.0804. The van der Waals surface area contributed by atoms with Crippen LogP contribution in [-0.2, 0) is 17.4 Å². The van der Waals surface area contributed by atoms with Crippen molar-refractivity contribution in [1.82, 2.24) is 0 Å². The first-order valence-corrected chi connectivity index (χ1v) is 7.77. The van der Waals surface area contributed by atoms with Gasteiger partial charge in [0.15, 0.2) is 0 Å². The lowest BCUT2D eigenvalue weighted by Gasteiger charge is -2.12. The molecule has 2 aromatic rings. The molecule has 2 nitrogen and oxygen atoms in total. The third-order valence-electron chi connectivity index (χ3n) is 3.77. The van der Waals surface area contributed by atoms with Crippen molar-refractivity contribution in [1.29, 1.82) is 0 Å². The highest BCUT2D eigenvalue weighted by atomic mass is 35.5. The van der Waals surface area contributed by atoms with E-state index in [9.17, 15) is 18.0 Å². The Hall–Kier alpha value is -2.01. The highest BCUT2D eigenvalue weighted by Crippen LogP contribution is 2.36. The average molecular weight is 356 g/mol. The summed E-state index contributed by atoms with van der Waals surface area (Å²) >= 11 is 5.55. The molecule has 0 saturated heterocycles. The number of nitrogens with one attached hydrogen (secondary N) is 1.